The van der Waals surface area contributed by atoms with Gasteiger partial charge < -0.3 is 0 Å². The van der Waals surface area contributed by atoms with E-state index < -0.39 is 23.3 Å². The van der Waals surface area contributed by atoms with Crippen LogP contribution in [-0.4, -0.2) is 10.8 Å². The van der Waals surface area contributed by atoms with Crippen LogP contribution < -0.4 is 0 Å². The first kappa shape index (κ1) is 13.7. The molecule has 19 heavy (non-hydrogen) atoms. The van der Waals surface area contributed by atoms with E-state index in [4.69, 9.17) is 0 Å². The average molecular weight is 289 g/mol. The SMILES string of the molecule is Cc1nc(C(=O)c2ccc(F)c(C(F)(F)F)c2)cs1. The zero-order chi connectivity index (χ0) is 14.2. The van der Waals surface area contributed by atoms with Crippen LogP contribution in [0.25, 0.3) is 0 Å². The molecule has 0 amide bonds. The van der Waals surface area contributed by atoms with Gasteiger partial charge in [0.1, 0.15) is 11.5 Å². The second kappa shape index (κ2) is 4.73. The molecule has 0 unspecified atom stereocenters. The molecule has 0 N–H and O–H groups in total. The van der Waals surface area contributed by atoms with Crippen LogP contribution in [0.15, 0.2) is 23.6 Å². The lowest BCUT2D eigenvalue weighted by Gasteiger charge is -2.09. The second-order valence-electron chi connectivity index (χ2n) is 3.77. The van der Waals surface area contributed by atoms with Crippen LogP contribution >= 0.6 is 11.3 Å². The van der Waals surface area contributed by atoms with Crippen LogP contribution in [0.4, 0.5) is 17.6 Å². The highest BCUT2D eigenvalue weighted by atomic mass is 32.1. The smallest absolute Gasteiger partial charge is 0.287 e. The monoisotopic (exact) mass is 289 g/mol. The topological polar surface area (TPSA) is 30.0 Å². The lowest BCUT2D eigenvalue weighted by Crippen LogP contribution is -2.11. The van der Waals surface area contributed by atoms with Crippen molar-refractivity contribution in [3.63, 3.8) is 0 Å². The Kier molecular flexibility index (Phi) is 3.40. The van der Waals surface area contributed by atoms with Crippen molar-refractivity contribution >= 4 is 17.1 Å². The summed E-state index contributed by atoms with van der Waals surface area (Å²) in [6, 6.07) is 2.16. The number of carbonyl (C=O) groups is 1. The molecule has 0 aliphatic rings. The third-order valence-electron chi connectivity index (χ3n) is 2.39. The maximum atomic E-state index is 13.1. The summed E-state index contributed by atoms with van der Waals surface area (Å²) in [7, 11) is 0. The predicted molar refractivity (Wildman–Crippen MR) is 61.7 cm³/mol. The highest BCUT2D eigenvalue weighted by Gasteiger charge is 2.34. The lowest BCUT2D eigenvalue weighted by molar-refractivity contribution is -0.140. The minimum absolute atomic E-state index is 0.0576. The number of nitrogens with zero attached hydrogens (tertiary/aromatic N) is 1. The van der Waals surface area contributed by atoms with Gasteiger partial charge in [-0.1, -0.05) is 0 Å². The van der Waals surface area contributed by atoms with Gasteiger partial charge in [0.05, 0.1) is 10.6 Å². The van der Waals surface area contributed by atoms with Crippen LogP contribution in [0.5, 0.6) is 0 Å². The lowest BCUT2D eigenvalue weighted by atomic mass is 10.0. The number of halogens is 4. The third-order valence-corrected chi connectivity index (χ3v) is 3.16. The van der Waals surface area contributed by atoms with Gasteiger partial charge in [0, 0.05) is 10.9 Å². The van der Waals surface area contributed by atoms with Gasteiger partial charge in [0.25, 0.3) is 0 Å². The molecule has 0 spiro atoms. The number of aryl methyl sites for hydroxylation is 1. The molecule has 2 aromatic rings. The van der Waals surface area contributed by atoms with Gasteiger partial charge in [0.2, 0.25) is 5.78 Å². The number of aromatic nitrogens is 1. The van der Waals surface area contributed by atoms with Crippen LogP contribution in [0, 0.1) is 12.7 Å². The Morgan fingerprint density at radius 3 is 2.53 bits per heavy atom. The van der Waals surface area contributed by atoms with Gasteiger partial charge in [-0.25, -0.2) is 9.37 Å². The minimum Gasteiger partial charge on any atom is -0.287 e. The van der Waals surface area contributed by atoms with E-state index in [9.17, 15) is 22.4 Å². The average Bonchev–Trinajstić information content (AvgIpc) is 2.74. The Hall–Kier alpha value is -1.76. The molecule has 1 aromatic carbocycles. The van der Waals surface area contributed by atoms with Crippen molar-refractivity contribution in [2.24, 2.45) is 0 Å². The van der Waals surface area contributed by atoms with Gasteiger partial charge >= 0.3 is 6.18 Å². The van der Waals surface area contributed by atoms with Gasteiger partial charge in [-0.05, 0) is 25.1 Å². The Morgan fingerprint density at radius 2 is 2.00 bits per heavy atom. The molecule has 0 saturated heterocycles. The third kappa shape index (κ3) is 2.81. The van der Waals surface area contributed by atoms with E-state index in [0.717, 1.165) is 6.07 Å². The predicted octanol–water partition coefficient (Wildman–Crippen LogP) is 3.84. The van der Waals surface area contributed by atoms with Gasteiger partial charge in [-0.3, -0.25) is 4.79 Å². The molecule has 0 saturated carbocycles. The first-order valence-electron chi connectivity index (χ1n) is 5.12. The second-order valence-corrected chi connectivity index (χ2v) is 4.84. The molecule has 1 aromatic heterocycles. The number of thiazole rings is 1. The number of rotatable bonds is 2. The van der Waals surface area contributed by atoms with E-state index in [1.54, 1.807) is 6.92 Å². The number of carbonyl (C=O) groups excluding carboxylic acids is 1. The van der Waals surface area contributed by atoms with Crippen LogP contribution in [0.3, 0.4) is 0 Å². The summed E-state index contributed by atoms with van der Waals surface area (Å²) in [4.78, 5) is 15.8. The molecule has 2 nitrogen and oxygen atoms in total. The zero-order valence-corrected chi connectivity index (χ0v) is 10.4. The molecule has 100 valence electrons. The van der Waals surface area contributed by atoms with Crippen molar-refractivity contribution in [3.8, 4) is 0 Å². The molecule has 7 heteroatoms. The van der Waals surface area contributed by atoms with Crippen molar-refractivity contribution < 1.29 is 22.4 Å². The molecule has 1 heterocycles. The molecule has 0 bridgehead atoms. The standard InChI is InChI=1S/C12H7F4NOS/c1-6-17-10(5-19-6)11(18)7-2-3-9(13)8(4-7)12(14,15)16/h2-5H,1H3. The van der Waals surface area contributed by atoms with Crippen LogP contribution in [0.2, 0.25) is 0 Å². The quantitative estimate of drug-likeness (QED) is 0.621. The fraction of sp³-hybridized carbons (Fsp3) is 0.167. The van der Waals surface area contributed by atoms with Gasteiger partial charge in [0.15, 0.2) is 0 Å². The Labute approximate surface area is 109 Å². The number of benzene rings is 1. The normalized spacial score (nSPS) is 11.6. The van der Waals surface area contributed by atoms with Crippen molar-refractivity contribution in [2.45, 2.75) is 13.1 Å². The number of ketones is 1. The molecular formula is C12H7F4NOS. The van der Waals surface area contributed by atoms with Crippen molar-refractivity contribution in [1.82, 2.24) is 4.98 Å². The molecule has 0 atom stereocenters. The maximum Gasteiger partial charge on any atom is 0.419 e. The Balaban J connectivity index is 2.44. The summed E-state index contributed by atoms with van der Waals surface area (Å²) in [6.07, 6.45) is -4.83. The zero-order valence-electron chi connectivity index (χ0n) is 9.58. The first-order chi connectivity index (χ1) is 8.79. The summed E-state index contributed by atoms with van der Waals surface area (Å²) >= 11 is 1.21. The number of hydrogen-bond acceptors (Lipinski definition) is 3. The van der Waals surface area contributed by atoms with E-state index in [2.05, 4.69) is 4.98 Å². The highest BCUT2D eigenvalue weighted by Crippen LogP contribution is 2.32. The molecule has 0 fully saturated rings. The molecule has 0 aliphatic carbocycles. The Morgan fingerprint density at radius 1 is 1.32 bits per heavy atom. The number of hydrogen-bond donors (Lipinski definition) is 0. The fourth-order valence-corrected chi connectivity index (χ4v) is 2.09. The summed E-state index contributed by atoms with van der Waals surface area (Å²) in [5, 5.41) is 2.08. The summed E-state index contributed by atoms with van der Waals surface area (Å²) in [6.45, 7) is 1.67. The Bertz CT molecular complexity index is 633. The highest BCUT2D eigenvalue weighted by molar-refractivity contribution is 7.09. The fourth-order valence-electron chi connectivity index (χ4n) is 1.50. The largest absolute Gasteiger partial charge is 0.419 e. The van der Waals surface area contributed by atoms with Crippen molar-refractivity contribution in [1.29, 1.82) is 0 Å². The first-order valence-corrected chi connectivity index (χ1v) is 6.00. The van der Waals surface area contributed by atoms with Crippen molar-refractivity contribution in [2.75, 3.05) is 0 Å². The molecular weight excluding hydrogens is 282 g/mol. The molecule has 0 radical (unpaired) electrons. The minimum atomic E-state index is -4.83. The summed E-state index contributed by atoms with van der Waals surface area (Å²) < 4.78 is 50.7. The summed E-state index contributed by atoms with van der Waals surface area (Å²) in [5.74, 6) is -2.06. The van der Waals surface area contributed by atoms with E-state index >= 15 is 0 Å². The molecule has 2 rings (SSSR count). The van der Waals surface area contributed by atoms with E-state index in [1.807, 2.05) is 0 Å². The maximum absolute atomic E-state index is 13.1. The van der Waals surface area contributed by atoms with Gasteiger partial charge in [-0.15, -0.1) is 11.3 Å². The van der Waals surface area contributed by atoms with E-state index in [1.165, 1.54) is 16.7 Å². The van der Waals surface area contributed by atoms with Crippen LogP contribution in [-0.2, 0) is 6.18 Å². The summed E-state index contributed by atoms with van der Waals surface area (Å²) in [5.41, 5.74) is -1.63. The number of alkyl halides is 3. The van der Waals surface area contributed by atoms with E-state index in [-0.39, 0.29) is 11.3 Å². The van der Waals surface area contributed by atoms with Gasteiger partial charge in [-0.2, -0.15) is 13.2 Å². The van der Waals surface area contributed by atoms with Crippen molar-refractivity contribution in [3.05, 3.63) is 51.2 Å². The molecule has 0 aliphatic heterocycles. The van der Waals surface area contributed by atoms with E-state index in [0.29, 0.717) is 17.1 Å². The van der Waals surface area contributed by atoms with Crippen LogP contribution in [0.1, 0.15) is 26.6 Å².